The highest BCUT2D eigenvalue weighted by molar-refractivity contribution is 9.10. The molecule has 0 saturated carbocycles. The zero-order valence-electron chi connectivity index (χ0n) is 11.1. The average Bonchev–Trinajstić information content (AvgIpc) is 2.42. The second kappa shape index (κ2) is 6.52. The minimum atomic E-state index is -0.0352. The van der Waals surface area contributed by atoms with E-state index in [1.165, 1.54) is 0 Å². The third-order valence-electron chi connectivity index (χ3n) is 3.00. The first-order chi connectivity index (χ1) is 9.54. The monoisotopic (exact) mass is 333 g/mol. The summed E-state index contributed by atoms with van der Waals surface area (Å²) >= 11 is 3.40. The highest BCUT2D eigenvalue weighted by Crippen LogP contribution is 2.21. The number of pyridine rings is 1. The molecule has 1 aromatic carbocycles. The molecule has 5 heteroatoms. The van der Waals surface area contributed by atoms with Crippen LogP contribution in [0, 0.1) is 0 Å². The third-order valence-corrected chi connectivity index (χ3v) is 3.53. The molecule has 2 rings (SSSR count). The molecular formula is C15H16BrN3O. The van der Waals surface area contributed by atoms with Crippen LogP contribution >= 0.6 is 15.9 Å². The van der Waals surface area contributed by atoms with E-state index >= 15 is 0 Å². The van der Waals surface area contributed by atoms with Gasteiger partial charge < -0.3 is 11.1 Å². The van der Waals surface area contributed by atoms with Gasteiger partial charge in [-0.2, -0.15) is 0 Å². The number of nitrogens with one attached hydrogen (secondary N) is 1. The Labute approximate surface area is 126 Å². The maximum Gasteiger partial charge on any atom is 0.225 e. The van der Waals surface area contributed by atoms with Crippen LogP contribution in [0.2, 0.25) is 0 Å². The third kappa shape index (κ3) is 4.06. The van der Waals surface area contributed by atoms with Gasteiger partial charge in [0.1, 0.15) is 5.82 Å². The summed E-state index contributed by atoms with van der Waals surface area (Å²) in [5, 5.41) is 2.81. The van der Waals surface area contributed by atoms with Crippen LogP contribution < -0.4 is 11.1 Å². The van der Waals surface area contributed by atoms with Crippen molar-refractivity contribution in [3.8, 4) is 0 Å². The van der Waals surface area contributed by atoms with Crippen molar-refractivity contribution >= 4 is 33.3 Å². The zero-order chi connectivity index (χ0) is 14.5. The van der Waals surface area contributed by atoms with Gasteiger partial charge in [-0.1, -0.05) is 35.0 Å². The molecule has 1 heterocycles. The van der Waals surface area contributed by atoms with Crippen LogP contribution in [-0.4, -0.2) is 10.9 Å². The summed E-state index contributed by atoms with van der Waals surface area (Å²) in [4.78, 5) is 15.9. The normalized spacial score (nSPS) is 11.9. The van der Waals surface area contributed by atoms with Crippen molar-refractivity contribution in [1.29, 1.82) is 0 Å². The standard InChI is InChI=1S/C15H16BrN3O/c1-10(11-2-4-12(16)5-3-11)8-15(20)19-13-6-7-14(17)18-9-13/h2-7,9-10H,8H2,1H3,(H2,17,18)(H,19,20). The summed E-state index contributed by atoms with van der Waals surface area (Å²) in [6.45, 7) is 2.03. The van der Waals surface area contributed by atoms with Gasteiger partial charge in [0.25, 0.3) is 0 Å². The summed E-state index contributed by atoms with van der Waals surface area (Å²) < 4.78 is 1.03. The van der Waals surface area contributed by atoms with Gasteiger partial charge in [-0.3, -0.25) is 4.79 Å². The lowest BCUT2D eigenvalue weighted by Gasteiger charge is -2.12. The van der Waals surface area contributed by atoms with E-state index in [0.29, 0.717) is 17.9 Å². The van der Waals surface area contributed by atoms with E-state index in [1.54, 1.807) is 18.3 Å². The van der Waals surface area contributed by atoms with Crippen molar-refractivity contribution in [2.45, 2.75) is 19.3 Å². The molecule has 0 saturated heterocycles. The maximum atomic E-state index is 12.0. The molecule has 1 amide bonds. The number of benzene rings is 1. The van der Waals surface area contributed by atoms with Crippen LogP contribution in [0.25, 0.3) is 0 Å². The smallest absolute Gasteiger partial charge is 0.225 e. The minimum absolute atomic E-state index is 0.0352. The van der Waals surface area contributed by atoms with E-state index in [2.05, 4.69) is 26.2 Å². The predicted octanol–water partition coefficient (Wildman–Crippen LogP) is 3.56. The number of nitrogen functional groups attached to an aromatic ring is 1. The number of halogens is 1. The zero-order valence-corrected chi connectivity index (χ0v) is 12.7. The number of anilines is 2. The molecule has 104 valence electrons. The van der Waals surface area contributed by atoms with Crippen LogP contribution in [-0.2, 0) is 4.79 Å². The van der Waals surface area contributed by atoms with Crippen LogP contribution in [0.3, 0.4) is 0 Å². The molecule has 0 spiro atoms. The fourth-order valence-corrected chi connectivity index (χ4v) is 2.14. The molecule has 3 N–H and O–H groups in total. The van der Waals surface area contributed by atoms with Crippen molar-refractivity contribution in [2.75, 3.05) is 11.1 Å². The van der Waals surface area contributed by atoms with Gasteiger partial charge in [0.05, 0.1) is 11.9 Å². The summed E-state index contributed by atoms with van der Waals surface area (Å²) in [6, 6.07) is 11.4. The highest BCUT2D eigenvalue weighted by Gasteiger charge is 2.11. The van der Waals surface area contributed by atoms with E-state index in [9.17, 15) is 4.79 Å². The largest absolute Gasteiger partial charge is 0.384 e. The van der Waals surface area contributed by atoms with Crippen LogP contribution in [0.5, 0.6) is 0 Å². The molecule has 1 unspecified atom stereocenters. The molecule has 0 aliphatic rings. The number of hydrogen-bond donors (Lipinski definition) is 2. The molecule has 0 aliphatic heterocycles. The molecule has 0 radical (unpaired) electrons. The number of nitrogens with zero attached hydrogens (tertiary/aromatic N) is 1. The van der Waals surface area contributed by atoms with Crippen molar-refractivity contribution < 1.29 is 4.79 Å². The number of carbonyl (C=O) groups excluding carboxylic acids is 1. The second-order valence-electron chi connectivity index (χ2n) is 4.68. The SMILES string of the molecule is CC(CC(=O)Nc1ccc(N)nc1)c1ccc(Br)cc1. The quantitative estimate of drug-likeness (QED) is 0.898. The predicted molar refractivity (Wildman–Crippen MR) is 84.5 cm³/mol. The lowest BCUT2D eigenvalue weighted by atomic mass is 9.97. The molecule has 2 aromatic rings. The first kappa shape index (κ1) is 14.5. The molecule has 0 fully saturated rings. The van der Waals surface area contributed by atoms with Gasteiger partial charge in [-0.25, -0.2) is 4.98 Å². The first-order valence-electron chi connectivity index (χ1n) is 6.31. The van der Waals surface area contributed by atoms with Crippen molar-refractivity contribution in [1.82, 2.24) is 4.98 Å². The number of amides is 1. The number of rotatable bonds is 4. The minimum Gasteiger partial charge on any atom is -0.384 e. The Kier molecular flexibility index (Phi) is 4.74. The van der Waals surface area contributed by atoms with Crippen LogP contribution in [0.1, 0.15) is 24.8 Å². The van der Waals surface area contributed by atoms with Gasteiger partial charge in [0, 0.05) is 10.9 Å². The van der Waals surface area contributed by atoms with E-state index < -0.39 is 0 Å². The Morgan fingerprint density at radius 1 is 1.30 bits per heavy atom. The first-order valence-corrected chi connectivity index (χ1v) is 7.11. The Bertz CT molecular complexity index is 581. The van der Waals surface area contributed by atoms with Gasteiger partial charge >= 0.3 is 0 Å². The van der Waals surface area contributed by atoms with Gasteiger partial charge in [0.2, 0.25) is 5.91 Å². The highest BCUT2D eigenvalue weighted by atomic mass is 79.9. The Morgan fingerprint density at radius 3 is 2.60 bits per heavy atom. The van der Waals surface area contributed by atoms with Crippen LogP contribution in [0.15, 0.2) is 47.1 Å². The number of carbonyl (C=O) groups is 1. The topological polar surface area (TPSA) is 68.0 Å². The molecule has 4 nitrogen and oxygen atoms in total. The summed E-state index contributed by atoms with van der Waals surface area (Å²) in [7, 11) is 0. The van der Waals surface area contributed by atoms with Crippen molar-refractivity contribution in [3.63, 3.8) is 0 Å². The molecular weight excluding hydrogens is 318 g/mol. The second-order valence-corrected chi connectivity index (χ2v) is 5.59. The van der Waals surface area contributed by atoms with Gasteiger partial charge in [-0.05, 0) is 35.7 Å². The lowest BCUT2D eigenvalue weighted by Crippen LogP contribution is -2.14. The van der Waals surface area contributed by atoms with E-state index in [-0.39, 0.29) is 11.8 Å². The molecule has 0 aliphatic carbocycles. The Hall–Kier alpha value is -1.88. The van der Waals surface area contributed by atoms with Crippen LogP contribution in [0.4, 0.5) is 11.5 Å². The molecule has 1 atom stereocenters. The van der Waals surface area contributed by atoms with E-state index in [4.69, 9.17) is 5.73 Å². The lowest BCUT2D eigenvalue weighted by molar-refractivity contribution is -0.116. The summed E-state index contributed by atoms with van der Waals surface area (Å²) in [5.74, 6) is 0.558. The molecule has 0 bridgehead atoms. The van der Waals surface area contributed by atoms with E-state index in [1.807, 2.05) is 31.2 Å². The molecule has 20 heavy (non-hydrogen) atoms. The number of aromatic nitrogens is 1. The number of nitrogens with two attached hydrogens (primary N) is 1. The fraction of sp³-hybridized carbons (Fsp3) is 0.200. The summed E-state index contributed by atoms with van der Waals surface area (Å²) in [6.07, 6.45) is 1.98. The van der Waals surface area contributed by atoms with Gasteiger partial charge in [-0.15, -0.1) is 0 Å². The van der Waals surface area contributed by atoms with Gasteiger partial charge in [0.15, 0.2) is 0 Å². The number of hydrogen-bond acceptors (Lipinski definition) is 3. The van der Waals surface area contributed by atoms with Crippen molar-refractivity contribution in [2.24, 2.45) is 0 Å². The molecule has 1 aromatic heterocycles. The maximum absolute atomic E-state index is 12.0. The van der Waals surface area contributed by atoms with Crippen molar-refractivity contribution in [3.05, 3.63) is 52.6 Å². The van der Waals surface area contributed by atoms with E-state index in [0.717, 1.165) is 10.0 Å². The summed E-state index contributed by atoms with van der Waals surface area (Å²) in [5.41, 5.74) is 7.30. The Morgan fingerprint density at radius 2 is 2.00 bits per heavy atom. The fourth-order valence-electron chi connectivity index (χ4n) is 1.88. The average molecular weight is 334 g/mol. The Balaban J connectivity index is 1.93.